The number of hydrogen-bond acceptors (Lipinski definition) is 8. The molecule has 5 rings (SSSR count). The van der Waals surface area contributed by atoms with Crippen molar-refractivity contribution in [2.75, 3.05) is 6.61 Å². The standard InChI is InChI=1S/C22H16O8/c23-16-10-21(19(26)28-11-13-6-2-1-3-7-13)22(30-16)18(25)15-9-5-4-8-14(15)17(24)20(22,27)12-29-21/h1-9,27H,10-12H2/t20-,21+,22-/m1/s1. The summed E-state index contributed by atoms with van der Waals surface area (Å²) in [5.74, 6) is -3.69. The van der Waals surface area contributed by atoms with Gasteiger partial charge in [0.05, 0.1) is 13.0 Å². The van der Waals surface area contributed by atoms with Gasteiger partial charge in [0.1, 0.15) is 6.61 Å². The molecule has 0 bridgehead atoms. The summed E-state index contributed by atoms with van der Waals surface area (Å²) < 4.78 is 16.3. The Bertz CT molecular complexity index is 1110. The third kappa shape index (κ3) is 2.07. The Morgan fingerprint density at radius 1 is 0.967 bits per heavy atom. The molecule has 2 saturated heterocycles. The summed E-state index contributed by atoms with van der Waals surface area (Å²) in [4.78, 5) is 52.1. The van der Waals surface area contributed by atoms with Crippen molar-refractivity contribution in [3.63, 3.8) is 0 Å². The number of rotatable bonds is 3. The SMILES string of the molecule is O=C1C[C@@]2(C(=O)OCc3ccccc3)OC[C@@]3(O)C(=O)c4ccccc4C(=O)[C@@]32O1. The van der Waals surface area contributed by atoms with Gasteiger partial charge in [0, 0.05) is 11.1 Å². The molecule has 8 heteroatoms. The zero-order chi connectivity index (χ0) is 21.1. The Balaban J connectivity index is 1.61. The van der Waals surface area contributed by atoms with Crippen molar-refractivity contribution in [2.45, 2.75) is 29.8 Å². The molecule has 8 nitrogen and oxygen atoms in total. The normalized spacial score (nSPS) is 31.6. The van der Waals surface area contributed by atoms with E-state index in [0.29, 0.717) is 5.56 Å². The molecule has 152 valence electrons. The van der Waals surface area contributed by atoms with Crippen LogP contribution >= 0.6 is 0 Å². The minimum Gasteiger partial charge on any atom is -0.459 e. The highest BCUT2D eigenvalue weighted by Crippen LogP contribution is 2.57. The number of aliphatic hydroxyl groups is 1. The van der Waals surface area contributed by atoms with Crippen LogP contribution in [-0.4, -0.2) is 52.0 Å². The van der Waals surface area contributed by atoms with Crippen LogP contribution in [0.5, 0.6) is 0 Å². The maximum Gasteiger partial charge on any atom is 0.344 e. The number of ether oxygens (including phenoxy) is 3. The molecule has 1 spiro atoms. The zero-order valence-electron chi connectivity index (χ0n) is 15.6. The van der Waals surface area contributed by atoms with Gasteiger partial charge in [0.25, 0.3) is 5.60 Å². The fourth-order valence-electron chi connectivity index (χ4n) is 4.57. The van der Waals surface area contributed by atoms with Crippen molar-refractivity contribution in [3.05, 3.63) is 71.3 Å². The monoisotopic (exact) mass is 408 g/mol. The second-order valence-electron chi connectivity index (χ2n) is 7.57. The lowest BCUT2D eigenvalue weighted by Gasteiger charge is -2.42. The van der Waals surface area contributed by atoms with Gasteiger partial charge in [-0.3, -0.25) is 14.4 Å². The fourth-order valence-corrected chi connectivity index (χ4v) is 4.57. The zero-order valence-corrected chi connectivity index (χ0v) is 15.6. The first kappa shape index (κ1) is 18.7. The number of esters is 2. The molecule has 3 aliphatic rings. The van der Waals surface area contributed by atoms with E-state index in [1.807, 2.05) is 0 Å². The minimum atomic E-state index is -2.53. The van der Waals surface area contributed by atoms with Gasteiger partial charge in [0.15, 0.2) is 0 Å². The number of Topliss-reactive ketones (excluding diaryl/α,β-unsaturated/α-hetero) is 2. The van der Waals surface area contributed by atoms with Gasteiger partial charge < -0.3 is 19.3 Å². The Morgan fingerprint density at radius 2 is 1.60 bits per heavy atom. The summed E-state index contributed by atoms with van der Waals surface area (Å²) in [6.07, 6.45) is -0.649. The average Bonchev–Trinajstić information content (AvgIpc) is 3.21. The van der Waals surface area contributed by atoms with Crippen LogP contribution in [0, 0.1) is 0 Å². The predicted molar refractivity (Wildman–Crippen MR) is 98.4 cm³/mol. The van der Waals surface area contributed by atoms with E-state index in [4.69, 9.17) is 14.2 Å². The molecular weight excluding hydrogens is 392 g/mol. The molecule has 2 aromatic rings. The van der Waals surface area contributed by atoms with Crippen LogP contribution in [0.15, 0.2) is 54.6 Å². The van der Waals surface area contributed by atoms with Gasteiger partial charge in [-0.15, -0.1) is 0 Å². The third-order valence-electron chi connectivity index (χ3n) is 5.99. The van der Waals surface area contributed by atoms with E-state index in [2.05, 4.69) is 0 Å². The van der Waals surface area contributed by atoms with E-state index in [1.165, 1.54) is 18.2 Å². The summed E-state index contributed by atoms with van der Waals surface area (Å²) in [6.45, 7) is -0.828. The van der Waals surface area contributed by atoms with Crippen molar-refractivity contribution >= 4 is 23.5 Å². The topological polar surface area (TPSA) is 116 Å². The van der Waals surface area contributed by atoms with Crippen molar-refractivity contribution in [2.24, 2.45) is 0 Å². The number of hydrogen-bond donors (Lipinski definition) is 1. The van der Waals surface area contributed by atoms with Crippen molar-refractivity contribution in [1.29, 1.82) is 0 Å². The van der Waals surface area contributed by atoms with Crippen LogP contribution in [0.1, 0.15) is 32.7 Å². The van der Waals surface area contributed by atoms with Crippen LogP contribution < -0.4 is 0 Å². The van der Waals surface area contributed by atoms with E-state index < -0.39 is 53.3 Å². The highest BCUT2D eigenvalue weighted by molar-refractivity contribution is 6.26. The van der Waals surface area contributed by atoms with Crippen molar-refractivity contribution < 1.29 is 38.5 Å². The number of benzene rings is 2. The second-order valence-corrected chi connectivity index (χ2v) is 7.57. The summed E-state index contributed by atoms with van der Waals surface area (Å²) in [5.41, 5.74) is -6.71. The summed E-state index contributed by atoms with van der Waals surface area (Å²) in [5, 5.41) is 11.3. The van der Waals surface area contributed by atoms with Gasteiger partial charge in [0.2, 0.25) is 22.8 Å². The van der Waals surface area contributed by atoms with Crippen molar-refractivity contribution in [1.82, 2.24) is 0 Å². The van der Waals surface area contributed by atoms with Gasteiger partial charge in [-0.2, -0.15) is 0 Å². The third-order valence-corrected chi connectivity index (χ3v) is 5.99. The van der Waals surface area contributed by atoms with Gasteiger partial charge in [-0.1, -0.05) is 54.6 Å². The predicted octanol–water partition coefficient (Wildman–Crippen LogP) is 0.995. The van der Waals surface area contributed by atoms with E-state index >= 15 is 0 Å². The summed E-state index contributed by atoms with van der Waals surface area (Å²) >= 11 is 0. The lowest BCUT2D eigenvalue weighted by molar-refractivity contribution is -0.179. The van der Waals surface area contributed by atoms with E-state index in [9.17, 15) is 24.3 Å². The van der Waals surface area contributed by atoms with E-state index in [-0.39, 0.29) is 17.7 Å². The number of carbonyl (C=O) groups is 4. The minimum absolute atomic E-state index is 0.0179. The van der Waals surface area contributed by atoms with Crippen LogP contribution in [0.3, 0.4) is 0 Å². The average molecular weight is 408 g/mol. The Hall–Kier alpha value is -3.36. The largest absolute Gasteiger partial charge is 0.459 e. The molecule has 2 heterocycles. The van der Waals surface area contributed by atoms with Gasteiger partial charge in [-0.25, -0.2) is 4.79 Å². The molecule has 1 aliphatic carbocycles. The molecule has 3 atom stereocenters. The number of carbonyl (C=O) groups excluding carboxylic acids is 4. The lowest BCUT2D eigenvalue weighted by Crippen LogP contribution is -2.72. The first-order valence-electron chi connectivity index (χ1n) is 9.34. The van der Waals surface area contributed by atoms with E-state index in [0.717, 1.165) is 0 Å². The molecule has 30 heavy (non-hydrogen) atoms. The molecule has 2 aromatic carbocycles. The number of fused-ring (bicyclic) bond motifs is 1. The van der Waals surface area contributed by atoms with Gasteiger partial charge in [-0.05, 0) is 5.56 Å². The van der Waals surface area contributed by atoms with Crippen molar-refractivity contribution in [3.8, 4) is 0 Å². The Kier molecular flexibility index (Phi) is 3.77. The molecule has 0 saturated carbocycles. The maximum absolute atomic E-state index is 13.5. The first-order chi connectivity index (χ1) is 14.4. The summed E-state index contributed by atoms with van der Waals surface area (Å²) in [7, 11) is 0. The quantitative estimate of drug-likeness (QED) is 0.748. The van der Waals surface area contributed by atoms with Gasteiger partial charge >= 0.3 is 11.9 Å². The lowest BCUT2D eigenvalue weighted by atomic mass is 9.62. The van der Waals surface area contributed by atoms with Crippen LogP contribution in [0.2, 0.25) is 0 Å². The highest BCUT2D eigenvalue weighted by atomic mass is 16.7. The number of ketones is 2. The molecule has 0 radical (unpaired) electrons. The maximum atomic E-state index is 13.5. The molecule has 1 N–H and O–H groups in total. The van der Waals surface area contributed by atoms with Crippen LogP contribution in [0.4, 0.5) is 0 Å². The Morgan fingerprint density at radius 3 is 2.30 bits per heavy atom. The molecule has 2 fully saturated rings. The molecule has 0 unspecified atom stereocenters. The molecule has 0 aromatic heterocycles. The second kappa shape index (κ2) is 6.07. The first-order valence-corrected chi connectivity index (χ1v) is 9.34. The van der Waals surface area contributed by atoms with E-state index in [1.54, 1.807) is 36.4 Å². The fraction of sp³-hybridized carbons (Fsp3) is 0.273. The Labute approximate surface area is 170 Å². The summed E-state index contributed by atoms with van der Waals surface area (Å²) in [6, 6.07) is 14.6. The molecule has 2 aliphatic heterocycles. The smallest absolute Gasteiger partial charge is 0.344 e. The highest BCUT2D eigenvalue weighted by Gasteiger charge is 2.86. The molecular formula is C22H16O8. The van der Waals surface area contributed by atoms with Crippen LogP contribution in [-0.2, 0) is 30.4 Å². The van der Waals surface area contributed by atoms with Crippen LogP contribution in [0.25, 0.3) is 0 Å². The molecule has 0 amide bonds.